The van der Waals surface area contributed by atoms with Gasteiger partial charge in [0.15, 0.2) is 0 Å². The molecule has 1 rings (SSSR count). The summed E-state index contributed by atoms with van der Waals surface area (Å²) in [6.07, 6.45) is 0. The summed E-state index contributed by atoms with van der Waals surface area (Å²) >= 11 is 3.47. The van der Waals surface area contributed by atoms with Gasteiger partial charge in [0.2, 0.25) is 0 Å². The summed E-state index contributed by atoms with van der Waals surface area (Å²) in [5, 5.41) is 17.8. The van der Waals surface area contributed by atoms with Crippen molar-refractivity contribution in [1.29, 1.82) is 0 Å². The Hall–Kier alpha value is -0.580. The number of hydrogen-bond donors (Lipinski definition) is 3. The molecule has 15 heavy (non-hydrogen) atoms. The van der Waals surface area contributed by atoms with Crippen LogP contribution in [0.15, 0.2) is 6.07 Å². The van der Waals surface area contributed by atoms with E-state index in [-0.39, 0.29) is 20.4 Å². The number of hydrogen-bond acceptors (Lipinski definition) is 3. The van der Waals surface area contributed by atoms with Gasteiger partial charge in [0.05, 0.1) is 14.7 Å². The molecule has 1 aromatic carbocycles. The molecule has 0 saturated carbocycles. The van der Waals surface area contributed by atoms with Gasteiger partial charge in [0.1, 0.15) is 0 Å². The van der Waals surface area contributed by atoms with Gasteiger partial charge >= 0.3 is 11.9 Å². The first-order chi connectivity index (χ1) is 6.86. The van der Waals surface area contributed by atoms with Crippen molar-refractivity contribution >= 4 is 62.8 Å². The highest BCUT2D eigenvalue weighted by atomic mass is 127. The number of aromatic carboxylic acids is 2. The third-order valence-electron chi connectivity index (χ3n) is 1.67. The van der Waals surface area contributed by atoms with Gasteiger partial charge in [-0.3, -0.25) is 0 Å². The van der Waals surface area contributed by atoms with Gasteiger partial charge < -0.3 is 15.9 Å². The summed E-state index contributed by atoms with van der Waals surface area (Å²) in [6, 6.07) is 1.26. The zero-order valence-electron chi connectivity index (χ0n) is 7.12. The number of anilines is 1. The average Bonchev–Trinajstić information content (AvgIpc) is 2.10. The third-order valence-corrected chi connectivity index (χ3v) is 3.96. The number of nitrogen functional groups attached to an aromatic ring is 1. The minimum absolute atomic E-state index is 0.0615. The fourth-order valence-corrected chi connectivity index (χ4v) is 3.06. The molecule has 80 valence electrons. The average molecular weight is 433 g/mol. The lowest BCUT2D eigenvalue weighted by Crippen LogP contribution is -2.11. The zero-order valence-corrected chi connectivity index (χ0v) is 11.4. The first-order valence-corrected chi connectivity index (χ1v) is 5.76. The van der Waals surface area contributed by atoms with Crippen molar-refractivity contribution in [2.75, 3.05) is 5.73 Å². The second-order valence-electron chi connectivity index (χ2n) is 2.63. The number of nitrogens with two attached hydrogens (primary N) is 1. The number of carboxylic acid groups (broad SMARTS) is 2. The van der Waals surface area contributed by atoms with Crippen molar-refractivity contribution in [2.45, 2.75) is 0 Å². The fraction of sp³-hybridized carbons (Fsp3) is 0. The zero-order chi connectivity index (χ0) is 11.7. The SMILES string of the molecule is Nc1cc(C(=O)O)c(I)c(C(=O)O)c1I. The molecule has 0 aromatic heterocycles. The smallest absolute Gasteiger partial charge is 0.337 e. The van der Waals surface area contributed by atoms with E-state index in [4.69, 9.17) is 15.9 Å². The molecule has 0 atom stereocenters. The molecule has 0 aliphatic heterocycles. The summed E-state index contributed by atoms with van der Waals surface area (Å²) in [7, 11) is 0. The maximum Gasteiger partial charge on any atom is 0.337 e. The number of benzene rings is 1. The van der Waals surface area contributed by atoms with E-state index in [9.17, 15) is 9.59 Å². The lowest BCUT2D eigenvalue weighted by Gasteiger charge is -2.08. The van der Waals surface area contributed by atoms with Crippen LogP contribution in [0.4, 0.5) is 5.69 Å². The topological polar surface area (TPSA) is 101 Å². The largest absolute Gasteiger partial charge is 0.478 e. The van der Waals surface area contributed by atoms with Crippen molar-refractivity contribution in [3.8, 4) is 0 Å². The molecular weight excluding hydrogens is 428 g/mol. The van der Waals surface area contributed by atoms with Gasteiger partial charge in [-0.1, -0.05) is 0 Å². The van der Waals surface area contributed by atoms with E-state index >= 15 is 0 Å². The number of carboxylic acids is 2. The van der Waals surface area contributed by atoms with Crippen molar-refractivity contribution in [3.63, 3.8) is 0 Å². The van der Waals surface area contributed by atoms with Gasteiger partial charge in [-0.2, -0.15) is 0 Å². The van der Waals surface area contributed by atoms with Crippen molar-refractivity contribution in [2.24, 2.45) is 0 Å². The highest BCUT2D eigenvalue weighted by Crippen LogP contribution is 2.28. The van der Waals surface area contributed by atoms with E-state index < -0.39 is 11.9 Å². The Labute approximate surface area is 112 Å². The van der Waals surface area contributed by atoms with Crippen LogP contribution in [0.5, 0.6) is 0 Å². The summed E-state index contributed by atoms with van der Waals surface area (Å²) in [6.45, 7) is 0. The van der Waals surface area contributed by atoms with E-state index in [1.807, 2.05) is 0 Å². The summed E-state index contributed by atoms with van der Waals surface area (Å²) < 4.78 is 0.542. The molecule has 1 aromatic rings. The minimum Gasteiger partial charge on any atom is -0.478 e. The van der Waals surface area contributed by atoms with E-state index in [1.165, 1.54) is 6.07 Å². The van der Waals surface area contributed by atoms with Crippen molar-refractivity contribution in [1.82, 2.24) is 0 Å². The first kappa shape index (κ1) is 12.5. The fourth-order valence-electron chi connectivity index (χ4n) is 1.00. The second kappa shape index (κ2) is 4.51. The Morgan fingerprint density at radius 2 is 1.67 bits per heavy atom. The van der Waals surface area contributed by atoms with Crippen molar-refractivity contribution in [3.05, 3.63) is 24.3 Å². The monoisotopic (exact) mass is 433 g/mol. The Kier molecular flexibility index (Phi) is 3.76. The molecule has 0 fully saturated rings. The molecule has 0 bridgehead atoms. The normalized spacial score (nSPS) is 10.0. The van der Waals surface area contributed by atoms with Gasteiger partial charge in [-0.05, 0) is 51.2 Å². The van der Waals surface area contributed by atoms with Gasteiger partial charge in [0, 0.05) is 9.26 Å². The summed E-state index contributed by atoms with van der Waals surface area (Å²) in [5.41, 5.74) is 5.53. The molecule has 0 spiro atoms. The predicted octanol–water partition coefficient (Wildman–Crippen LogP) is 1.87. The number of rotatable bonds is 2. The van der Waals surface area contributed by atoms with Gasteiger partial charge in [-0.15, -0.1) is 0 Å². The standard InChI is InChI=1S/C8H5I2NO4/c9-5-2(7(12)13)1-3(11)6(10)4(5)8(14)15/h1H,11H2,(H,12,13)(H,14,15). The van der Waals surface area contributed by atoms with E-state index in [2.05, 4.69) is 0 Å². The molecule has 4 N–H and O–H groups in total. The Balaban J connectivity index is 3.63. The van der Waals surface area contributed by atoms with E-state index in [0.717, 1.165) is 0 Å². The molecular formula is C8H5I2NO4. The first-order valence-electron chi connectivity index (χ1n) is 3.60. The number of carbonyl (C=O) groups is 2. The van der Waals surface area contributed by atoms with Crippen LogP contribution in [0, 0.1) is 7.14 Å². The predicted molar refractivity (Wildman–Crippen MR) is 70.2 cm³/mol. The van der Waals surface area contributed by atoms with Crippen LogP contribution in [-0.4, -0.2) is 22.2 Å². The molecule has 0 amide bonds. The van der Waals surface area contributed by atoms with Crippen LogP contribution in [0.1, 0.15) is 20.7 Å². The Morgan fingerprint density at radius 1 is 1.13 bits per heavy atom. The maximum absolute atomic E-state index is 10.9. The molecule has 0 saturated heterocycles. The van der Waals surface area contributed by atoms with Crippen molar-refractivity contribution < 1.29 is 19.8 Å². The molecule has 0 aliphatic carbocycles. The quantitative estimate of drug-likeness (QED) is 0.489. The summed E-state index contributed by atoms with van der Waals surface area (Å²) in [5.74, 6) is -2.37. The molecule has 0 heterocycles. The van der Waals surface area contributed by atoms with Crippen LogP contribution >= 0.6 is 45.2 Å². The Morgan fingerprint density at radius 3 is 2.07 bits per heavy atom. The highest BCUT2D eigenvalue weighted by molar-refractivity contribution is 14.1. The molecule has 0 radical (unpaired) electrons. The highest BCUT2D eigenvalue weighted by Gasteiger charge is 2.21. The lowest BCUT2D eigenvalue weighted by molar-refractivity contribution is 0.0694. The maximum atomic E-state index is 10.9. The second-order valence-corrected chi connectivity index (χ2v) is 4.78. The third kappa shape index (κ3) is 2.33. The van der Waals surface area contributed by atoms with Crippen LogP contribution in [0.2, 0.25) is 0 Å². The van der Waals surface area contributed by atoms with Crippen LogP contribution in [0.3, 0.4) is 0 Å². The molecule has 0 unspecified atom stereocenters. The molecule has 7 heteroatoms. The van der Waals surface area contributed by atoms with Gasteiger partial charge in [0.25, 0.3) is 0 Å². The van der Waals surface area contributed by atoms with Crippen LogP contribution in [-0.2, 0) is 0 Å². The van der Waals surface area contributed by atoms with E-state index in [1.54, 1.807) is 45.2 Å². The lowest BCUT2D eigenvalue weighted by atomic mass is 10.1. The van der Waals surface area contributed by atoms with Gasteiger partial charge in [-0.25, -0.2) is 9.59 Å². The van der Waals surface area contributed by atoms with E-state index in [0.29, 0.717) is 3.57 Å². The van der Waals surface area contributed by atoms with Crippen LogP contribution < -0.4 is 5.73 Å². The molecule has 0 aliphatic rings. The minimum atomic E-state index is -1.19. The number of halogens is 2. The van der Waals surface area contributed by atoms with Crippen LogP contribution in [0.25, 0.3) is 0 Å². The molecule has 5 nitrogen and oxygen atoms in total. The summed E-state index contributed by atoms with van der Waals surface area (Å²) in [4.78, 5) is 21.7. The Bertz CT molecular complexity index is 458.